The highest BCUT2D eigenvalue weighted by atomic mass is 16.5. The standard InChI is InChI=1S/C25H27N3O5/c1-17-15-21(19(3)28(17)22-16-18(2)33-26-22)9-10-23(29)32-24(20-7-5-4-6-8-20)25(30)27-11-13-31-14-12-27/h4-10,15-16,24H,11-14H2,1-3H3/b10-9+. The van der Waals surface area contributed by atoms with Crippen molar-refractivity contribution in [2.24, 2.45) is 0 Å². The van der Waals surface area contributed by atoms with Crippen molar-refractivity contribution < 1.29 is 23.6 Å². The number of aryl methyl sites for hydroxylation is 2. The minimum atomic E-state index is -1.01. The van der Waals surface area contributed by atoms with E-state index >= 15 is 0 Å². The maximum absolute atomic E-state index is 13.1. The molecule has 1 unspecified atom stereocenters. The van der Waals surface area contributed by atoms with Crippen molar-refractivity contribution in [3.8, 4) is 5.82 Å². The number of carbonyl (C=O) groups excluding carboxylic acids is 2. The Morgan fingerprint density at radius 3 is 2.48 bits per heavy atom. The Bertz CT molecular complexity index is 1160. The molecule has 1 atom stereocenters. The second-order valence-corrected chi connectivity index (χ2v) is 7.96. The monoisotopic (exact) mass is 449 g/mol. The molecule has 0 bridgehead atoms. The molecule has 1 fully saturated rings. The van der Waals surface area contributed by atoms with Gasteiger partial charge >= 0.3 is 5.97 Å². The molecule has 1 aliphatic rings. The molecule has 3 aromatic rings. The van der Waals surface area contributed by atoms with Crippen molar-refractivity contribution >= 4 is 18.0 Å². The summed E-state index contributed by atoms with van der Waals surface area (Å²) in [6.07, 6.45) is 2.03. The minimum Gasteiger partial charge on any atom is -0.444 e. The van der Waals surface area contributed by atoms with E-state index in [1.165, 1.54) is 6.08 Å². The van der Waals surface area contributed by atoms with Crippen LogP contribution in [0.4, 0.5) is 0 Å². The van der Waals surface area contributed by atoms with Crippen molar-refractivity contribution in [1.82, 2.24) is 14.6 Å². The van der Waals surface area contributed by atoms with E-state index in [4.69, 9.17) is 14.0 Å². The molecule has 0 spiro atoms. The smallest absolute Gasteiger partial charge is 0.331 e. The number of aromatic nitrogens is 2. The third-order valence-electron chi connectivity index (χ3n) is 5.60. The number of carbonyl (C=O) groups is 2. The number of amides is 1. The van der Waals surface area contributed by atoms with E-state index < -0.39 is 12.1 Å². The molecular weight excluding hydrogens is 422 g/mol. The Kier molecular flexibility index (Phi) is 6.74. The number of nitrogens with zero attached hydrogens (tertiary/aromatic N) is 3. The molecule has 1 saturated heterocycles. The number of ether oxygens (including phenoxy) is 2. The lowest BCUT2D eigenvalue weighted by molar-refractivity contribution is -0.159. The van der Waals surface area contributed by atoms with Gasteiger partial charge in [-0.1, -0.05) is 35.5 Å². The second-order valence-electron chi connectivity index (χ2n) is 7.96. The number of hydrogen-bond donors (Lipinski definition) is 0. The van der Waals surface area contributed by atoms with Crippen LogP contribution in [0.3, 0.4) is 0 Å². The van der Waals surface area contributed by atoms with E-state index in [0.717, 1.165) is 22.7 Å². The molecule has 172 valence electrons. The summed E-state index contributed by atoms with van der Waals surface area (Å²) in [5.74, 6) is 0.568. The predicted molar refractivity (Wildman–Crippen MR) is 122 cm³/mol. The van der Waals surface area contributed by atoms with Gasteiger partial charge in [0.25, 0.3) is 5.91 Å². The van der Waals surface area contributed by atoms with Crippen LogP contribution in [0.5, 0.6) is 0 Å². The van der Waals surface area contributed by atoms with Crippen LogP contribution in [-0.4, -0.2) is 52.8 Å². The van der Waals surface area contributed by atoms with Crippen LogP contribution < -0.4 is 0 Å². The van der Waals surface area contributed by atoms with Gasteiger partial charge in [-0.05, 0) is 38.5 Å². The summed E-state index contributed by atoms with van der Waals surface area (Å²) in [6, 6.07) is 12.9. The van der Waals surface area contributed by atoms with Crippen molar-refractivity contribution in [2.75, 3.05) is 26.3 Å². The van der Waals surface area contributed by atoms with E-state index in [0.29, 0.717) is 37.7 Å². The fraction of sp³-hybridized carbons (Fsp3) is 0.320. The molecule has 0 radical (unpaired) electrons. The van der Waals surface area contributed by atoms with Crippen LogP contribution in [0.15, 0.2) is 53.1 Å². The summed E-state index contributed by atoms with van der Waals surface area (Å²) in [5.41, 5.74) is 3.35. The Labute approximate surface area is 192 Å². The summed E-state index contributed by atoms with van der Waals surface area (Å²) in [7, 11) is 0. The van der Waals surface area contributed by atoms with Gasteiger partial charge in [-0.25, -0.2) is 4.79 Å². The van der Waals surface area contributed by atoms with E-state index in [1.54, 1.807) is 23.1 Å². The Balaban J connectivity index is 1.52. The lowest BCUT2D eigenvalue weighted by Crippen LogP contribution is -2.44. The maximum Gasteiger partial charge on any atom is 0.331 e. The molecule has 1 aliphatic heterocycles. The summed E-state index contributed by atoms with van der Waals surface area (Å²) < 4.78 is 18.1. The summed E-state index contributed by atoms with van der Waals surface area (Å²) >= 11 is 0. The van der Waals surface area contributed by atoms with Crippen LogP contribution in [-0.2, 0) is 19.1 Å². The SMILES string of the molecule is Cc1cc(-n2c(C)cc(/C=C/C(=O)OC(C(=O)N3CCOCC3)c3ccccc3)c2C)no1. The lowest BCUT2D eigenvalue weighted by atomic mass is 10.1. The van der Waals surface area contributed by atoms with Crippen molar-refractivity contribution in [3.63, 3.8) is 0 Å². The number of morpholine rings is 1. The topological polar surface area (TPSA) is 86.8 Å². The zero-order chi connectivity index (χ0) is 23.4. The third kappa shape index (κ3) is 5.06. The van der Waals surface area contributed by atoms with Crippen LogP contribution in [0.1, 0.15) is 34.4 Å². The van der Waals surface area contributed by atoms with Crippen LogP contribution >= 0.6 is 0 Å². The molecular formula is C25H27N3O5. The molecule has 0 saturated carbocycles. The average Bonchev–Trinajstić information content (AvgIpc) is 3.38. The molecule has 8 nitrogen and oxygen atoms in total. The Morgan fingerprint density at radius 2 is 1.82 bits per heavy atom. The average molecular weight is 450 g/mol. The van der Waals surface area contributed by atoms with Gasteiger partial charge in [-0.3, -0.25) is 9.36 Å². The predicted octanol–water partition coefficient (Wildman–Crippen LogP) is 3.55. The van der Waals surface area contributed by atoms with Gasteiger partial charge in [0.1, 0.15) is 5.76 Å². The molecule has 4 rings (SSSR count). The van der Waals surface area contributed by atoms with Crippen molar-refractivity contribution in [3.05, 3.63) is 76.8 Å². The fourth-order valence-electron chi connectivity index (χ4n) is 3.92. The third-order valence-corrected chi connectivity index (χ3v) is 5.60. The molecule has 3 heterocycles. The highest BCUT2D eigenvalue weighted by molar-refractivity contribution is 5.91. The van der Waals surface area contributed by atoms with E-state index in [-0.39, 0.29) is 5.91 Å². The van der Waals surface area contributed by atoms with E-state index in [1.807, 2.05) is 55.7 Å². The zero-order valence-electron chi connectivity index (χ0n) is 19.0. The highest BCUT2D eigenvalue weighted by Crippen LogP contribution is 2.24. The quantitative estimate of drug-likeness (QED) is 0.423. The molecule has 1 aromatic carbocycles. The van der Waals surface area contributed by atoms with Crippen LogP contribution in [0.2, 0.25) is 0 Å². The van der Waals surface area contributed by atoms with Gasteiger partial charge in [0.2, 0.25) is 6.10 Å². The van der Waals surface area contributed by atoms with E-state index in [9.17, 15) is 9.59 Å². The molecule has 2 aromatic heterocycles. The normalized spacial score (nSPS) is 15.1. The maximum atomic E-state index is 13.1. The molecule has 33 heavy (non-hydrogen) atoms. The largest absolute Gasteiger partial charge is 0.444 e. The molecule has 0 aliphatic carbocycles. The van der Waals surface area contributed by atoms with Gasteiger partial charge in [-0.2, -0.15) is 0 Å². The second kappa shape index (κ2) is 9.87. The Hall–Kier alpha value is -3.65. The molecule has 8 heteroatoms. The van der Waals surface area contributed by atoms with Gasteiger partial charge in [0.15, 0.2) is 5.82 Å². The summed E-state index contributed by atoms with van der Waals surface area (Å²) in [4.78, 5) is 27.5. The first-order valence-electron chi connectivity index (χ1n) is 10.9. The van der Waals surface area contributed by atoms with E-state index in [2.05, 4.69) is 5.16 Å². The summed E-state index contributed by atoms with van der Waals surface area (Å²) in [6.45, 7) is 7.63. The molecule has 1 amide bonds. The van der Waals surface area contributed by atoms with Gasteiger partial charge in [-0.15, -0.1) is 0 Å². The first-order chi connectivity index (χ1) is 15.9. The van der Waals surface area contributed by atoms with Gasteiger partial charge in [0.05, 0.1) is 13.2 Å². The highest BCUT2D eigenvalue weighted by Gasteiger charge is 2.30. The van der Waals surface area contributed by atoms with Crippen molar-refractivity contribution in [2.45, 2.75) is 26.9 Å². The van der Waals surface area contributed by atoms with Crippen LogP contribution in [0, 0.1) is 20.8 Å². The minimum absolute atomic E-state index is 0.245. The first-order valence-corrected chi connectivity index (χ1v) is 10.9. The number of rotatable bonds is 6. The number of esters is 1. The molecule has 0 N–H and O–H groups in total. The van der Waals surface area contributed by atoms with Gasteiger partial charge in [0, 0.05) is 42.2 Å². The fourth-order valence-corrected chi connectivity index (χ4v) is 3.92. The summed E-state index contributed by atoms with van der Waals surface area (Å²) in [5, 5.41) is 4.07. The van der Waals surface area contributed by atoms with Crippen LogP contribution in [0.25, 0.3) is 11.9 Å². The first kappa shape index (κ1) is 22.5. The zero-order valence-corrected chi connectivity index (χ0v) is 19.0. The van der Waals surface area contributed by atoms with Crippen molar-refractivity contribution in [1.29, 1.82) is 0 Å². The number of hydrogen-bond acceptors (Lipinski definition) is 6. The number of benzene rings is 1. The lowest BCUT2D eigenvalue weighted by Gasteiger charge is -2.30. The van der Waals surface area contributed by atoms with Gasteiger partial charge < -0.3 is 18.9 Å². The Morgan fingerprint density at radius 1 is 1.09 bits per heavy atom.